The summed E-state index contributed by atoms with van der Waals surface area (Å²) in [6, 6.07) is 5.96. The summed E-state index contributed by atoms with van der Waals surface area (Å²) >= 11 is 6.80. The Morgan fingerprint density at radius 2 is 2.33 bits per heavy atom. The van der Waals surface area contributed by atoms with Crippen molar-refractivity contribution in [3.63, 3.8) is 0 Å². The zero-order valence-corrected chi connectivity index (χ0v) is 11.0. The summed E-state index contributed by atoms with van der Waals surface area (Å²) in [6.07, 6.45) is 1.90. The molecule has 78 valence electrons. The number of rotatable bonds is 3. The van der Waals surface area contributed by atoms with Crippen molar-refractivity contribution in [2.45, 2.75) is 10.6 Å². The first-order chi connectivity index (χ1) is 7.25. The average molecular weight is 301 g/mol. The third-order valence-corrected chi connectivity index (χ3v) is 4.42. The van der Waals surface area contributed by atoms with Crippen LogP contribution in [0.5, 0.6) is 0 Å². The maximum Gasteiger partial charge on any atom is 0.0794 e. The van der Waals surface area contributed by atoms with E-state index in [2.05, 4.69) is 20.9 Å². The first kappa shape index (κ1) is 11.0. The largest absolute Gasteiger partial charge is 0.398 e. The number of benzene rings is 1. The van der Waals surface area contributed by atoms with E-state index < -0.39 is 0 Å². The predicted octanol–water partition coefficient (Wildman–Crippen LogP) is 3.78. The van der Waals surface area contributed by atoms with Gasteiger partial charge < -0.3 is 5.73 Å². The molecule has 0 saturated carbocycles. The topological polar surface area (TPSA) is 38.9 Å². The van der Waals surface area contributed by atoms with Gasteiger partial charge in [-0.1, -0.05) is 15.9 Å². The van der Waals surface area contributed by atoms with Crippen LogP contribution in [0.4, 0.5) is 5.69 Å². The van der Waals surface area contributed by atoms with Gasteiger partial charge in [0.2, 0.25) is 0 Å². The summed E-state index contributed by atoms with van der Waals surface area (Å²) in [7, 11) is 0. The molecule has 1 heterocycles. The summed E-state index contributed by atoms with van der Waals surface area (Å²) < 4.78 is 1.02. The predicted molar refractivity (Wildman–Crippen MR) is 70.2 cm³/mol. The Labute approximate surface area is 105 Å². The number of hydrogen-bond donors (Lipinski definition) is 1. The number of nitrogen functional groups attached to an aromatic ring is 1. The zero-order valence-electron chi connectivity index (χ0n) is 7.81. The van der Waals surface area contributed by atoms with Gasteiger partial charge in [-0.15, -0.1) is 23.1 Å². The summed E-state index contributed by atoms with van der Waals surface area (Å²) in [6.45, 7) is 0. The van der Waals surface area contributed by atoms with Crippen molar-refractivity contribution in [2.24, 2.45) is 0 Å². The molecule has 0 saturated heterocycles. The first-order valence-corrected chi connectivity index (χ1v) is 6.97. The fourth-order valence-corrected chi connectivity index (χ4v) is 3.08. The van der Waals surface area contributed by atoms with Crippen molar-refractivity contribution < 1.29 is 0 Å². The molecule has 2 rings (SSSR count). The summed E-state index contributed by atoms with van der Waals surface area (Å²) in [5.74, 6) is 0.927. The second kappa shape index (κ2) is 5.01. The van der Waals surface area contributed by atoms with E-state index in [0.717, 1.165) is 20.8 Å². The van der Waals surface area contributed by atoms with Crippen molar-refractivity contribution in [1.82, 2.24) is 4.98 Å². The number of thioether (sulfide) groups is 1. The molecule has 15 heavy (non-hydrogen) atoms. The molecule has 0 atom stereocenters. The lowest BCUT2D eigenvalue weighted by Crippen LogP contribution is -1.88. The number of nitrogens with two attached hydrogens (primary N) is 1. The Kier molecular flexibility index (Phi) is 3.66. The summed E-state index contributed by atoms with van der Waals surface area (Å²) in [5, 5.41) is 0. The molecule has 1 aromatic carbocycles. The van der Waals surface area contributed by atoms with Gasteiger partial charge in [-0.3, -0.25) is 4.98 Å². The van der Waals surface area contributed by atoms with Gasteiger partial charge in [0, 0.05) is 31.9 Å². The van der Waals surface area contributed by atoms with E-state index in [4.69, 9.17) is 5.73 Å². The van der Waals surface area contributed by atoms with Gasteiger partial charge in [0.05, 0.1) is 5.51 Å². The maximum atomic E-state index is 5.90. The SMILES string of the molecule is Nc1cc(Br)ccc1SCc1cncs1. The van der Waals surface area contributed by atoms with E-state index in [1.807, 2.05) is 29.9 Å². The summed E-state index contributed by atoms with van der Waals surface area (Å²) in [5.41, 5.74) is 8.56. The minimum absolute atomic E-state index is 0.818. The number of thiazole rings is 1. The Hall–Kier alpha value is -0.520. The molecule has 2 N–H and O–H groups in total. The molecule has 0 bridgehead atoms. The standard InChI is InChI=1S/C10H9BrN2S2/c11-7-1-2-10(9(12)3-7)14-5-8-4-13-6-15-8/h1-4,6H,5,12H2. The lowest BCUT2D eigenvalue weighted by molar-refractivity contribution is 1.36. The van der Waals surface area contributed by atoms with E-state index in [9.17, 15) is 0 Å². The number of anilines is 1. The fraction of sp³-hybridized carbons (Fsp3) is 0.100. The number of hydrogen-bond acceptors (Lipinski definition) is 4. The van der Waals surface area contributed by atoms with Gasteiger partial charge in [0.25, 0.3) is 0 Å². The molecule has 0 radical (unpaired) electrons. The first-order valence-electron chi connectivity index (χ1n) is 4.31. The molecule has 0 aliphatic carbocycles. The number of halogens is 1. The lowest BCUT2D eigenvalue weighted by Gasteiger charge is -2.04. The molecule has 0 amide bonds. The minimum Gasteiger partial charge on any atom is -0.398 e. The Balaban J connectivity index is 2.05. The second-order valence-electron chi connectivity index (χ2n) is 2.94. The van der Waals surface area contributed by atoms with Gasteiger partial charge in [-0.25, -0.2) is 0 Å². The van der Waals surface area contributed by atoms with Crippen LogP contribution in [-0.2, 0) is 5.75 Å². The molecule has 2 aromatic rings. The highest BCUT2D eigenvalue weighted by atomic mass is 79.9. The Morgan fingerprint density at radius 3 is 3.00 bits per heavy atom. The molecular weight excluding hydrogens is 292 g/mol. The molecule has 1 aromatic heterocycles. The number of aromatic nitrogens is 1. The van der Waals surface area contributed by atoms with Gasteiger partial charge in [-0.2, -0.15) is 0 Å². The van der Waals surface area contributed by atoms with Crippen LogP contribution < -0.4 is 5.73 Å². The van der Waals surface area contributed by atoms with E-state index in [0.29, 0.717) is 0 Å². The molecule has 0 fully saturated rings. The molecule has 0 aliphatic heterocycles. The van der Waals surface area contributed by atoms with Crippen LogP contribution in [0, 0.1) is 0 Å². The third kappa shape index (κ3) is 2.96. The van der Waals surface area contributed by atoms with Crippen LogP contribution in [0.25, 0.3) is 0 Å². The van der Waals surface area contributed by atoms with Crippen molar-refractivity contribution in [1.29, 1.82) is 0 Å². The van der Waals surface area contributed by atoms with Crippen LogP contribution in [0.15, 0.2) is 39.3 Å². The van der Waals surface area contributed by atoms with Gasteiger partial charge in [0.15, 0.2) is 0 Å². The molecule has 5 heteroatoms. The van der Waals surface area contributed by atoms with E-state index in [1.54, 1.807) is 23.1 Å². The van der Waals surface area contributed by atoms with Crippen molar-refractivity contribution in [3.05, 3.63) is 39.3 Å². The third-order valence-electron chi connectivity index (χ3n) is 1.83. The van der Waals surface area contributed by atoms with Gasteiger partial charge in [0.1, 0.15) is 0 Å². The molecule has 2 nitrogen and oxygen atoms in total. The van der Waals surface area contributed by atoms with Crippen LogP contribution in [0.1, 0.15) is 4.88 Å². The molecular formula is C10H9BrN2S2. The Morgan fingerprint density at radius 1 is 1.47 bits per heavy atom. The van der Waals surface area contributed by atoms with Crippen LogP contribution in [-0.4, -0.2) is 4.98 Å². The van der Waals surface area contributed by atoms with E-state index in [-0.39, 0.29) is 0 Å². The highest BCUT2D eigenvalue weighted by Gasteiger charge is 2.02. The highest BCUT2D eigenvalue weighted by molar-refractivity contribution is 9.10. The summed E-state index contributed by atoms with van der Waals surface area (Å²) in [4.78, 5) is 6.42. The second-order valence-corrected chi connectivity index (χ2v) is 5.84. The van der Waals surface area contributed by atoms with Crippen LogP contribution in [0.3, 0.4) is 0 Å². The van der Waals surface area contributed by atoms with Gasteiger partial charge >= 0.3 is 0 Å². The average Bonchev–Trinajstić information content (AvgIpc) is 2.69. The van der Waals surface area contributed by atoms with Gasteiger partial charge in [-0.05, 0) is 18.2 Å². The maximum absolute atomic E-state index is 5.90. The van der Waals surface area contributed by atoms with Crippen molar-refractivity contribution >= 4 is 44.7 Å². The highest BCUT2D eigenvalue weighted by Crippen LogP contribution is 2.30. The van der Waals surface area contributed by atoms with Crippen molar-refractivity contribution in [2.75, 3.05) is 5.73 Å². The zero-order chi connectivity index (χ0) is 10.7. The Bertz CT molecular complexity index is 443. The van der Waals surface area contributed by atoms with E-state index in [1.165, 1.54) is 4.88 Å². The number of nitrogens with zero attached hydrogens (tertiary/aromatic N) is 1. The molecule has 0 spiro atoms. The van der Waals surface area contributed by atoms with Crippen molar-refractivity contribution in [3.8, 4) is 0 Å². The van der Waals surface area contributed by atoms with Crippen LogP contribution in [0.2, 0.25) is 0 Å². The smallest absolute Gasteiger partial charge is 0.0794 e. The quantitative estimate of drug-likeness (QED) is 0.692. The molecule has 0 aliphatic rings. The van der Waals surface area contributed by atoms with E-state index >= 15 is 0 Å². The monoisotopic (exact) mass is 300 g/mol. The minimum atomic E-state index is 0.818. The van der Waals surface area contributed by atoms with Crippen LogP contribution >= 0.6 is 39.0 Å². The normalized spacial score (nSPS) is 10.5. The fourth-order valence-electron chi connectivity index (χ4n) is 1.11. The lowest BCUT2D eigenvalue weighted by atomic mass is 10.3. The molecule has 0 unspecified atom stereocenters.